The predicted molar refractivity (Wildman–Crippen MR) is 92.9 cm³/mol. The number of hydrogen-bond acceptors (Lipinski definition) is 6. The topological polar surface area (TPSA) is 78.2 Å². The first-order valence-corrected chi connectivity index (χ1v) is 8.79. The summed E-state index contributed by atoms with van der Waals surface area (Å²) in [7, 11) is 3.11. The fourth-order valence-electron chi connectivity index (χ4n) is 2.53. The standard InChI is InChI=1S/C16H19N4O3S/c1-4-5-9-24-14-11-13(19(2)16(22)20(3)15(11)21)17-12(18-14)10-7-6-8-23-10/h6-8,11H,4-5,9H2,1-3H3/q+1. The Hall–Kier alpha value is -2.22. The highest BCUT2D eigenvalue weighted by atomic mass is 32.2. The molecule has 3 heterocycles. The molecule has 0 bridgehead atoms. The summed E-state index contributed by atoms with van der Waals surface area (Å²) in [4.78, 5) is 35.0. The van der Waals surface area contributed by atoms with Gasteiger partial charge < -0.3 is 4.42 Å². The van der Waals surface area contributed by atoms with Gasteiger partial charge >= 0.3 is 11.9 Å². The number of hydrogen-bond donors (Lipinski definition) is 0. The molecule has 24 heavy (non-hydrogen) atoms. The highest BCUT2D eigenvalue weighted by Crippen LogP contribution is 2.27. The summed E-state index contributed by atoms with van der Waals surface area (Å²) in [6.45, 7) is 2.11. The number of thioether (sulfide) groups is 1. The second kappa shape index (κ2) is 6.72. The van der Waals surface area contributed by atoms with Crippen molar-refractivity contribution in [1.82, 2.24) is 4.90 Å². The number of carbonyl (C=O) groups is 2. The number of nitrogens with zero attached hydrogens (tertiary/aromatic N) is 4. The van der Waals surface area contributed by atoms with Crippen LogP contribution < -0.4 is 0 Å². The van der Waals surface area contributed by atoms with Gasteiger partial charge in [-0.15, -0.1) is 11.8 Å². The average molecular weight is 347 g/mol. The maximum atomic E-state index is 12.6. The molecule has 1 aromatic heterocycles. The van der Waals surface area contributed by atoms with E-state index in [2.05, 4.69) is 16.9 Å². The molecule has 0 fully saturated rings. The van der Waals surface area contributed by atoms with Gasteiger partial charge in [0.05, 0.1) is 20.4 Å². The van der Waals surface area contributed by atoms with Crippen LogP contribution in [0.3, 0.4) is 0 Å². The smallest absolute Gasteiger partial charge is 0.445 e. The zero-order valence-corrected chi connectivity index (χ0v) is 14.7. The van der Waals surface area contributed by atoms with Crippen LogP contribution in [0.15, 0.2) is 32.8 Å². The number of amides is 3. The fourth-order valence-corrected chi connectivity index (χ4v) is 3.69. The summed E-state index contributed by atoms with van der Waals surface area (Å²) < 4.78 is 6.78. The first kappa shape index (κ1) is 16.6. The molecule has 0 radical (unpaired) electrons. The summed E-state index contributed by atoms with van der Waals surface area (Å²) in [5.41, 5.74) is 0. The monoisotopic (exact) mass is 347 g/mol. The average Bonchev–Trinajstić information content (AvgIpc) is 3.12. The van der Waals surface area contributed by atoms with E-state index in [-0.39, 0.29) is 5.91 Å². The van der Waals surface area contributed by atoms with Gasteiger partial charge in [-0.1, -0.05) is 18.3 Å². The lowest BCUT2D eigenvalue weighted by Gasteiger charge is -2.26. The summed E-state index contributed by atoms with van der Waals surface area (Å²) >= 11 is 1.54. The van der Waals surface area contributed by atoms with Crippen LogP contribution in [0.1, 0.15) is 25.5 Å². The lowest BCUT2D eigenvalue weighted by molar-refractivity contribution is -0.407. The van der Waals surface area contributed by atoms with Crippen molar-refractivity contribution in [2.24, 2.45) is 15.9 Å². The SMILES string of the molecule is CCCCSC1=NC(c2ccco2)=NC2=[N+](C)C(=O)N(C)C(=O)C12. The molecule has 7 nitrogen and oxygen atoms in total. The quantitative estimate of drug-likeness (QED) is 0.618. The van der Waals surface area contributed by atoms with Crippen LogP contribution in [0.4, 0.5) is 4.79 Å². The van der Waals surface area contributed by atoms with Crippen molar-refractivity contribution in [3.05, 3.63) is 24.2 Å². The maximum absolute atomic E-state index is 12.6. The maximum Gasteiger partial charge on any atom is 0.445 e. The van der Waals surface area contributed by atoms with Gasteiger partial charge in [0, 0.05) is 0 Å². The van der Waals surface area contributed by atoms with Crippen LogP contribution in [0.2, 0.25) is 0 Å². The van der Waals surface area contributed by atoms with E-state index in [0.29, 0.717) is 22.5 Å². The van der Waals surface area contributed by atoms with E-state index >= 15 is 0 Å². The summed E-state index contributed by atoms with van der Waals surface area (Å²) in [6, 6.07) is 3.12. The number of urea groups is 1. The highest BCUT2D eigenvalue weighted by Gasteiger charge is 2.49. The zero-order valence-electron chi connectivity index (χ0n) is 13.9. The van der Waals surface area contributed by atoms with Crippen molar-refractivity contribution in [3.8, 4) is 0 Å². The number of rotatable bonds is 4. The number of carbonyl (C=O) groups excluding carboxylic acids is 2. The Labute approximate surface area is 144 Å². The van der Waals surface area contributed by atoms with Crippen molar-refractivity contribution < 1.29 is 18.6 Å². The minimum absolute atomic E-state index is 0.293. The Kier molecular flexibility index (Phi) is 4.66. The third-order valence-corrected chi connectivity index (χ3v) is 5.04. The summed E-state index contributed by atoms with van der Waals surface area (Å²) in [5, 5.41) is 0.663. The second-order valence-corrected chi connectivity index (χ2v) is 6.71. The Bertz CT molecular complexity index is 764. The van der Waals surface area contributed by atoms with E-state index < -0.39 is 11.9 Å². The lowest BCUT2D eigenvalue weighted by atomic mass is 10.0. The first-order valence-electron chi connectivity index (χ1n) is 7.80. The molecule has 2 aliphatic rings. The van der Waals surface area contributed by atoms with E-state index in [1.807, 2.05) is 0 Å². The number of unbranched alkanes of at least 4 members (excludes halogenated alkanes) is 1. The van der Waals surface area contributed by atoms with Gasteiger partial charge in [0.15, 0.2) is 11.7 Å². The fraction of sp³-hybridized carbons (Fsp3) is 0.438. The van der Waals surface area contributed by atoms with Crippen molar-refractivity contribution in [2.45, 2.75) is 19.8 Å². The number of fused-ring (bicyclic) bond motifs is 1. The van der Waals surface area contributed by atoms with Gasteiger partial charge in [-0.2, -0.15) is 9.48 Å². The van der Waals surface area contributed by atoms with Gasteiger partial charge in [-0.3, -0.25) is 4.79 Å². The van der Waals surface area contributed by atoms with Crippen molar-refractivity contribution in [3.63, 3.8) is 0 Å². The van der Waals surface area contributed by atoms with Gasteiger partial charge in [-0.25, -0.2) is 9.79 Å². The molecule has 2 aliphatic heterocycles. The van der Waals surface area contributed by atoms with Gasteiger partial charge in [-0.05, 0) is 24.3 Å². The molecule has 1 atom stereocenters. The van der Waals surface area contributed by atoms with Crippen LogP contribution in [-0.4, -0.2) is 58.0 Å². The van der Waals surface area contributed by atoms with Gasteiger partial charge in [0.2, 0.25) is 0 Å². The van der Waals surface area contributed by atoms with Crippen LogP contribution in [-0.2, 0) is 4.79 Å². The van der Waals surface area contributed by atoms with Crippen LogP contribution >= 0.6 is 11.8 Å². The van der Waals surface area contributed by atoms with Crippen molar-refractivity contribution in [1.29, 1.82) is 0 Å². The summed E-state index contributed by atoms with van der Waals surface area (Å²) in [6.07, 6.45) is 3.63. The Morgan fingerprint density at radius 3 is 2.83 bits per heavy atom. The molecule has 8 heteroatoms. The van der Waals surface area contributed by atoms with E-state index in [4.69, 9.17) is 4.42 Å². The molecule has 3 amide bonds. The molecule has 1 unspecified atom stereocenters. The zero-order chi connectivity index (χ0) is 17.3. The molecule has 0 aliphatic carbocycles. The predicted octanol–water partition coefficient (Wildman–Crippen LogP) is 2.22. The molecular formula is C16H19N4O3S+. The van der Waals surface area contributed by atoms with Crippen molar-refractivity contribution >= 4 is 40.4 Å². The van der Waals surface area contributed by atoms with E-state index in [1.54, 1.807) is 25.4 Å². The Balaban J connectivity index is 2.07. The summed E-state index contributed by atoms with van der Waals surface area (Å²) in [5.74, 6) is 1.25. The second-order valence-electron chi connectivity index (χ2n) is 5.59. The minimum Gasteiger partial charge on any atom is -0.459 e. The molecule has 0 saturated carbocycles. The first-order chi connectivity index (χ1) is 11.5. The largest absolute Gasteiger partial charge is 0.459 e. The van der Waals surface area contributed by atoms with Crippen LogP contribution in [0.25, 0.3) is 0 Å². The molecule has 3 rings (SSSR count). The molecule has 1 aromatic rings. The van der Waals surface area contributed by atoms with E-state index in [0.717, 1.165) is 23.5 Å². The molecular weight excluding hydrogens is 328 g/mol. The number of amidine groups is 2. The van der Waals surface area contributed by atoms with Gasteiger partial charge in [0.25, 0.3) is 11.7 Å². The number of imide groups is 1. The lowest BCUT2D eigenvalue weighted by Crippen LogP contribution is -2.54. The molecule has 0 spiro atoms. The third-order valence-electron chi connectivity index (χ3n) is 3.93. The molecule has 0 N–H and O–H groups in total. The Morgan fingerprint density at radius 1 is 1.38 bits per heavy atom. The molecule has 0 aromatic carbocycles. The van der Waals surface area contributed by atoms with E-state index in [9.17, 15) is 9.59 Å². The van der Waals surface area contributed by atoms with Crippen LogP contribution in [0, 0.1) is 5.92 Å². The minimum atomic E-state index is -0.627. The highest BCUT2D eigenvalue weighted by molar-refractivity contribution is 8.14. The Morgan fingerprint density at radius 2 is 2.17 bits per heavy atom. The van der Waals surface area contributed by atoms with E-state index in [1.165, 1.54) is 23.4 Å². The molecule has 126 valence electrons. The molecule has 0 saturated heterocycles. The third kappa shape index (κ3) is 2.82. The number of furan rings is 1. The normalized spacial score (nSPS) is 21.0. The van der Waals surface area contributed by atoms with Crippen LogP contribution in [0.5, 0.6) is 0 Å². The van der Waals surface area contributed by atoms with Gasteiger partial charge in [0.1, 0.15) is 5.04 Å². The van der Waals surface area contributed by atoms with Crippen molar-refractivity contribution in [2.75, 3.05) is 19.8 Å². The number of aliphatic imine (C=N–C) groups is 2.